The maximum absolute atomic E-state index is 12.7. The molecule has 0 atom stereocenters. The zero-order valence-electron chi connectivity index (χ0n) is 15.5. The lowest BCUT2D eigenvalue weighted by Gasteiger charge is -2.08. The predicted octanol–water partition coefficient (Wildman–Crippen LogP) is 4.92. The first-order valence-electron chi connectivity index (χ1n) is 8.84. The van der Waals surface area contributed by atoms with Gasteiger partial charge in [-0.25, -0.2) is 0 Å². The Morgan fingerprint density at radius 3 is 2.43 bits per heavy atom. The van der Waals surface area contributed by atoms with Crippen molar-refractivity contribution in [3.8, 4) is 22.6 Å². The Labute approximate surface area is 163 Å². The molecule has 0 radical (unpaired) electrons. The van der Waals surface area contributed by atoms with Crippen LogP contribution in [0.15, 0.2) is 78.9 Å². The van der Waals surface area contributed by atoms with Crippen LogP contribution >= 0.6 is 0 Å². The molecule has 1 N–H and O–H groups in total. The Balaban J connectivity index is 1.74. The Morgan fingerprint density at radius 2 is 1.68 bits per heavy atom. The number of hydrogen-bond donors (Lipinski definition) is 1. The Bertz CT molecular complexity index is 1020. The van der Waals surface area contributed by atoms with Crippen LogP contribution in [0.5, 0.6) is 11.5 Å². The summed E-state index contributed by atoms with van der Waals surface area (Å²) in [6.07, 6.45) is 2.76. The summed E-state index contributed by atoms with van der Waals surface area (Å²) in [5.41, 5.74) is 2.97. The standard InChI is InChI=1S/C24H20O4/c1-28-24-15-17(12-14-22(24)26)11-13-19(25)16-23(27)21-10-6-5-9-20(21)18-7-3-2-4-8-18/h2-15,26H,16H2,1H3/b13-11+. The van der Waals surface area contributed by atoms with Gasteiger partial charge in [-0.05, 0) is 34.9 Å². The van der Waals surface area contributed by atoms with Crippen LogP contribution in [0.2, 0.25) is 0 Å². The van der Waals surface area contributed by atoms with Crippen molar-refractivity contribution in [2.24, 2.45) is 0 Å². The summed E-state index contributed by atoms with van der Waals surface area (Å²) in [7, 11) is 1.45. The summed E-state index contributed by atoms with van der Waals surface area (Å²) in [5.74, 6) is -0.168. The Hall–Kier alpha value is -3.66. The third kappa shape index (κ3) is 4.54. The van der Waals surface area contributed by atoms with Crippen LogP contribution in [0.25, 0.3) is 17.2 Å². The van der Waals surface area contributed by atoms with Gasteiger partial charge in [0.05, 0.1) is 13.5 Å². The minimum Gasteiger partial charge on any atom is -0.504 e. The molecule has 0 amide bonds. The van der Waals surface area contributed by atoms with Gasteiger partial charge in [0.1, 0.15) is 0 Å². The van der Waals surface area contributed by atoms with Gasteiger partial charge < -0.3 is 9.84 Å². The van der Waals surface area contributed by atoms with Crippen molar-refractivity contribution in [2.75, 3.05) is 7.11 Å². The monoisotopic (exact) mass is 372 g/mol. The number of allylic oxidation sites excluding steroid dienone is 1. The molecule has 0 spiro atoms. The summed E-state index contributed by atoms with van der Waals surface area (Å²) in [4.78, 5) is 25.0. The molecule has 0 aliphatic heterocycles. The molecule has 0 saturated carbocycles. The number of carbonyl (C=O) groups excluding carboxylic acids is 2. The van der Waals surface area contributed by atoms with Gasteiger partial charge >= 0.3 is 0 Å². The smallest absolute Gasteiger partial charge is 0.171 e. The van der Waals surface area contributed by atoms with Gasteiger partial charge in [0.15, 0.2) is 23.1 Å². The highest BCUT2D eigenvalue weighted by Gasteiger charge is 2.14. The number of methoxy groups -OCH3 is 1. The van der Waals surface area contributed by atoms with Crippen molar-refractivity contribution < 1.29 is 19.4 Å². The molecular formula is C24H20O4. The van der Waals surface area contributed by atoms with Crippen molar-refractivity contribution >= 4 is 17.6 Å². The fraction of sp³-hybridized carbons (Fsp3) is 0.0833. The lowest BCUT2D eigenvalue weighted by molar-refractivity contribution is -0.113. The van der Waals surface area contributed by atoms with Crippen molar-refractivity contribution in [2.45, 2.75) is 6.42 Å². The molecule has 0 saturated heterocycles. The maximum Gasteiger partial charge on any atom is 0.171 e. The minimum atomic E-state index is -0.292. The number of benzene rings is 3. The molecule has 0 unspecified atom stereocenters. The molecule has 140 valence electrons. The highest BCUT2D eigenvalue weighted by Crippen LogP contribution is 2.27. The molecular weight excluding hydrogens is 352 g/mol. The van der Waals surface area contributed by atoms with E-state index in [-0.39, 0.29) is 23.7 Å². The third-order valence-electron chi connectivity index (χ3n) is 4.31. The molecule has 0 heterocycles. The fourth-order valence-electron chi connectivity index (χ4n) is 2.90. The van der Waals surface area contributed by atoms with Crippen LogP contribution in [-0.4, -0.2) is 23.8 Å². The van der Waals surface area contributed by atoms with Crippen LogP contribution in [0.4, 0.5) is 0 Å². The van der Waals surface area contributed by atoms with E-state index < -0.39 is 0 Å². The Morgan fingerprint density at radius 1 is 0.964 bits per heavy atom. The van der Waals surface area contributed by atoms with Gasteiger partial charge in [-0.3, -0.25) is 9.59 Å². The maximum atomic E-state index is 12.7. The molecule has 0 fully saturated rings. The van der Waals surface area contributed by atoms with Gasteiger partial charge in [-0.1, -0.05) is 66.7 Å². The van der Waals surface area contributed by atoms with E-state index >= 15 is 0 Å². The zero-order valence-corrected chi connectivity index (χ0v) is 15.5. The number of hydrogen-bond acceptors (Lipinski definition) is 4. The normalized spacial score (nSPS) is 10.8. The number of aromatic hydroxyl groups is 1. The van der Waals surface area contributed by atoms with E-state index in [1.807, 2.05) is 42.5 Å². The zero-order chi connectivity index (χ0) is 19.9. The molecule has 4 nitrogen and oxygen atoms in total. The molecule has 3 rings (SSSR count). The first-order valence-corrected chi connectivity index (χ1v) is 8.84. The number of phenols is 1. The van der Waals surface area contributed by atoms with Crippen molar-refractivity contribution in [1.29, 1.82) is 0 Å². The van der Waals surface area contributed by atoms with Crippen LogP contribution < -0.4 is 4.74 Å². The fourth-order valence-corrected chi connectivity index (χ4v) is 2.90. The van der Waals surface area contributed by atoms with Crippen LogP contribution in [0.3, 0.4) is 0 Å². The quantitative estimate of drug-likeness (QED) is 0.363. The first kappa shape index (κ1) is 19.1. The van der Waals surface area contributed by atoms with E-state index in [1.54, 1.807) is 30.3 Å². The van der Waals surface area contributed by atoms with E-state index in [4.69, 9.17) is 4.74 Å². The third-order valence-corrected chi connectivity index (χ3v) is 4.31. The second kappa shape index (κ2) is 8.82. The van der Waals surface area contributed by atoms with Crippen molar-refractivity contribution in [3.05, 3.63) is 90.0 Å². The van der Waals surface area contributed by atoms with E-state index in [0.29, 0.717) is 16.9 Å². The van der Waals surface area contributed by atoms with Crippen LogP contribution in [0.1, 0.15) is 22.3 Å². The highest BCUT2D eigenvalue weighted by molar-refractivity contribution is 6.14. The highest BCUT2D eigenvalue weighted by atomic mass is 16.5. The van der Waals surface area contributed by atoms with E-state index in [2.05, 4.69) is 0 Å². The number of ether oxygens (including phenoxy) is 1. The summed E-state index contributed by atoms with van der Waals surface area (Å²) in [6, 6.07) is 21.7. The number of ketones is 2. The predicted molar refractivity (Wildman–Crippen MR) is 110 cm³/mol. The van der Waals surface area contributed by atoms with Crippen molar-refractivity contribution in [3.63, 3.8) is 0 Å². The van der Waals surface area contributed by atoms with E-state index in [0.717, 1.165) is 11.1 Å². The lowest BCUT2D eigenvalue weighted by Crippen LogP contribution is -2.07. The number of Topliss-reactive ketones (excluding diaryl/α,β-unsaturated/α-hetero) is 1. The molecule has 3 aromatic carbocycles. The topological polar surface area (TPSA) is 63.6 Å². The molecule has 0 aliphatic carbocycles. The molecule has 4 heteroatoms. The lowest BCUT2D eigenvalue weighted by atomic mass is 9.95. The first-order chi connectivity index (χ1) is 13.6. The molecule has 3 aromatic rings. The average Bonchev–Trinajstić information content (AvgIpc) is 2.73. The van der Waals surface area contributed by atoms with Gasteiger partial charge in [0, 0.05) is 5.56 Å². The summed E-state index contributed by atoms with van der Waals surface area (Å²) >= 11 is 0. The molecule has 0 bridgehead atoms. The van der Waals surface area contributed by atoms with Gasteiger partial charge in [-0.2, -0.15) is 0 Å². The Kier molecular flexibility index (Phi) is 6.02. The van der Waals surface area contributed by atoms with Gasteiger partial charge in [0.25, 0.3) is 0 Å². The second-order valence-electron chi connectivity index (χ2n) is 6.24. The largest absolute Gasteiger partial charge is 0.504 e. The van der Waals surface area contributed by atoms with E-state index in [1.165, 1.54) is 19.3 Å². The molecule has 28 heavy (non-hydrogen) atoms. The molecule has 0 aromatic heterocycles. The van der Waals surface area contributed by atoms with Crippen LogP contribution in [0, 0.1) is 0 Å². The number of carbonyl (C=O) groups is 2. The molecule has 0 aliphatic rings. The summed E-state index contributed by atoms with van der Waals surface area (Å²) in [6.45, 7) is 0. The SMILES string of the molecule is COc1cc(/C=C/C(=O)CC(=O)c2ccccc2-c2ccccc2)ccc1O. The minimum absolute atomic E-state index is 0.0265. The van der Waals surface area contributed by atoms with Crippen molar-refractivity contribution in [1.82, 2.24) is 0 Å². The van der Waals surface area contributed by atoms with E-state index in [9.17, 15) is 14.7 Å². The van der Waals surface area contributed by atoms with Gasteiger partial charge in [-0.15, -0.1) is 0 Å². The van der Waals surface area contributed by atoms with Gasteiger partial charge in [0.2, 0.25) is 0 Å². The second-order valence-corrected chi connectivity index (χ2v) is 6.24. The number of rotatable bonds is 7. The number of phenolic OH excluding ortho intramolecular Hbond substituents is 1. The summed E-state index contributed by atoms with van der Waals surface area (Å²) in [5, 5.41) is 9.62. The summed E-state index contributed by atoms with van der Waals surface area (Å²) < 4.78 is 5.05. The van der Waals surface area contributed by atoms with Crippen LogP contribution in [-0.2, 0) is 4.79 Å². The average molecular weight is 372 g/mol.